The lowest BCUT2D eigenvalue weighted by Crippen LogP contribution is -2.75. The molecule has 3 aromatic rings. The molecule has 178 valence electrons. The number of rotatable bonds is 6. The lowest BCUT2D eigenvalue weighted by atomic mass is 9.53. The number of aliphatic hydroxyl groups is 1. The van der Waals surface area contributed by atoms with Crippen LogP contribution < -0.4 is 16.0 Å². The lowest BCUT2D eigenvalue weighted by molar-refractivity contribution is -0.0202. The van der Waals surface area contributed by atoms with Crippen LogP contribution in [0.4, 0.5) is 11.4 Å². The van der Waals surface area contributed by atoms with Gasteiger partial charge in [-0.15, -0.1) is 0 Å². The van der Waals surface area contributed by atoms with E-state index in [9.17, 15) is 9.90 Å². The third-order valence-electron chi connectivity index (χ3n) is 8.19. The largest absolute Gasteiger partial charge is 0.398 e. The van der Waals surface area contributed by atoms with Gasteiger partial charge >= 0.3 is 0 Å². The Labute approximate surface area is 204 Å². The summed E-state index contributed by atoms with van der Waals surface area (Å²) < 4.78 is 0. The van der Waals surface area contributed by atoms with Crippen molar-refractivity contribution >= 4 is 23.0 Å². The summed E-state index contributed by atoms with van der Waals surface area (Å²) in [5, 5.41) is 21.9. The topological polar surface area (TPSA) is 115 Å². The van der Waals surface area contributed by atoms with Gasteiger partial charge in [0.05, 0.1) is 24.1 Å². The Morgan fingerprint density at radius 2 is 1.94 bits per heavy atom. The minimum absolute atomic E-state index is 0.184. The van der Waals surface area contributed by atoms with E-state index in [0.717, 1.165) is 29.8 Å². The number of nitrogens with two attached hydrogens (primary N) is 1. The number of hydrogen-bond donors (Lipinski definition) is 4. The van der Waals surface area contributed by atoms with Crippen LogP contribution in [-0.2, 0) is 6.54 Å². The van der Waals surface area contributed by atoms with Crippen molar-refractivity contribution in [3.8, 4) is 0 Å². The van der Waals surface area contributed by atoms with Gasteiger partial charge in [0.25, 0.3) is 5.91 Å². The average molecular weight is 468 g/mol. The zero-order valence-electron chi connectivity index (χ0n) is 19.4. The molecule has 5 N–H and O–H groups in total. The number of carbonyl (C=O) groups excluding carboxylic acids is 1. The second kappa shape index (κ2) is 8.20. The molecule has 35 heavy (non-hydrogen) atoms. The summed E-state index contributed by atoms with van der Waals surface area (Å²) in [5.74, 6) is -0.236. The highest BCUT2D eigenvalue weighted by Gasteiger charge is 2.69. The van der Waals surface area contributed by atoms with Crippen molar-refractivity contribution in [3.05, 3.63) is 89.2 Å². The number of carbonyl (C=O) groups is 1. The number of nitrogens with one attached hydrogen (secondary N) is 2. The lowest BCUT2D eigenvalue weighted by Gasteiger charge is -2.69. The fourth-order valence-electron chi connectivity index (χ4n) is 6.37. The highest BCUT2D eigenvalue weighted by Crippen LogP contribution is 2.66. The number of aromatic nitrogens is 1. The van der Waals surface area contributed by atoms with Crippen LogP contribution in [-0.4, -0.2) is 39.9 Å². The molecule has 4 unspecified atom stereocenters. The van der Waals surface area contributed by atoms with Crippen LogP contribution in [0.2, 0.25) is 0 Å². The molecule has 1 amide bonds. The van der Waals surface area contributed by atoms with Crippen LogP contribution in [0.15, 0.2) is 66.9 Å². The summed E-state index contributed by atoms with van der Waals surface area (Å²) in [5.41, 5.74) is 10.9. The Bertz CT molecular complexity index is 1290. The van der Waals surface area contributed by atoms with Crippen LogP contribution in [0.5, 0.6) is 0 Å². The molecule has 2 aromatic carbocycles. The van der Waals surface area contributed by atoms with E-state index in [4.69, 9.17) is 11.1 Å². The number of piperidine rings is 1. The molecule has 6 rings (SSSR count). The van der Waals surface area contributed by atoms with Crippen molar-refractivity contribution in [1.29, 1.82) is 5.41 Å². The van der Waals surface area contributed by atoms with Gasteiger partial charge in [-0.05, 0) is 68.1 Å². The summed E-state index contributed by atoms with van der Waals surface area (Å²) >= 11 is 0. The quantitative estimate of drug-likeness (QED) is 0.327. The number of benzene rings is 2. The van der Waals surface area contributed by atoms with Gasteiger partial charge in [0, 0.05) is 51.8 Å². The van der Waals surface area contributed by atoms with Gasteiger partial charge in [0.15, 0.2) is 0 Å². The SMILES string of the molecule is N=C(c1ccc(N2C3CCC34CC(O)CC24)cc1)c1cc(C(=O)NCc2ccccn2)ccc1N. The molecule has 1 aliphatic heterocycles. The number of nitrogens with zero attached hydrogens (tertiary/aromatic N) is 2. The zero-order chi connectivity index (χ0) is 24.2. The van der Waals surface area contributed by atoms with Crippen LogP contribution in [0, 0.1) is 10.8 Å². The molecule has 7 nitrogen and oxygen atoms in total. The molecule has 2 aliphatic carbocycles. The fourth-order valence-corrected chi connectivity index (χ4v) is 6.37. The van der Waals surface area contributed by atoms with E-state index in [1.165, 1.54) is 12.8 Å². The summed E-state index contributed by atoms with van der Waals surface area (Å²) in [6, 6.07) is 19.6. The number of anilines is 2. The van der Waals surface area contributed by atoms with Crippen LogP contribution in [0.3, 0.4) is 0 Å². The summed E-state index contributed by atoms with van der Waals surface area (Å²) in [6.07, 6.45) is 5.70. The van der Waals surface area contributed by atoms with Gasteiger partial charge in [-0.2, -0.15) is 0 Å². The predicted octanol–water partition coefficient (Wildman–Crippen LogP) is 3.50. The number of hydrogen-bond acceptors (Lipinski definition) is 6. The Kier molecular flexibility index (Phi) is 5.11. The van der Waals surface area contributed by atoms with Crippen molar-refractivity contribution in [2.24, 2.45) is 5.41 Å². The highest BCUT2D eigenvalue weighted by atomic mass is 16.3. The van der Waals surface area contributed by atoms with Crippen molar-refractivity contribution in [1.82, 2.24) is 10.3 Å². The van der Waals surface area contributed by atoms with Gasteiger partial charge in [0.2, 0.25) is 0 Å². The van der Waals surface area contributed by atoms with Gasteiger partial charge < -0.3 is 21.1 Å². The number of nitrogen functional groups attached to an aromatic ring is 1. The Balaban J connectivity index is 1.17. The maximum absolute atomic E-state index is 12.7. The molecule has 4 atom stereocenters. The van der Waals surface area contributed by atoms with Gasteiger partial charge in [-0.1, -0.05) is 18.2 Å². The normalized spacial score (nSPS) is 26.2. The van der Waals surface area contributed by atoms with Crippen molar-refractivity contribution in [3.63, 3.8) is 0 Å². The second-order valence-electron chi connectivity index (χ2n) is 10.0. The Hall–Kier alpha value is -3.71. The summed E-state index contributed by atoms with van der Waals surface area (Å²) in [6.45, 7) is 0.328. The molecule has 2 saturated carbocycles. The third kappa shape index (κ3) is 3.49. The van der Waals surface area contributed by atoms with Crippen molar-refractivity contribution in [2.45, 2.75) is 50.4 Å². The zero-order valence-corrected chi connectivity index (χ0v) is 19.4. The number of pyridine rings is 1. The first-order valence-corrected chi connectivity index (χ1v) is 12.2. The minimum atomic E-state index is -0.236. The molecule has 1 spiro atoms. The molecule has 1 saturated heterocycles. The maximum atomic E-state index is 12.7. The first kappa shape index (κ1) is 21.8. The molecule has 1 aromatic heterocycles. The van der Waals surface area contributed by atoms with E-state index in [-0.39, 0.29) is 17.7 Å². The smallest absolute Gasteiger partial charge is 0.251 e. The van der Waals surface area contributed by atoms with Crippen molar-refractivity contribution in [2.75, 3.05) is 10.6 Å². The van der Waals surface area contributed by atoms with E-state index in [1.54, 1.807) is 24.4 Å². The Morgan fingerprint density at radius 3 is 2.66 bits per heavy atom. The molecule has 3 aliphatic rings. The standard InChI is InChI=1S/C28H29N5O2/c29-23-9-6-18(27(35)32-16-19-3-1-2-12-31-19)13-22(23)26(30)17-4-7-20(8-5-17)33-24-10-11-28(24)15-21(34)14-25(28)33/h1-9,12-13,21,24-25,30,34H,10-11,14-16,29H2,(H,32,35). The first-order chi connectivity index (χ1) is 17.0. The number of amides is 1. The molecular formula is C28H29N5O2. The van der Waals surface area contributed by atoms with Crippen LogP contribution >= 0.6 is 0 Å². The van der Waals surface area contributed by atoms with Crippen molar-refractivity contribution < 1.29 is 9.90 Å². The van der Waals surface area contributed by atoms with E-state index in [0.29, 0.717) is 40.9 Å². The van der Waals surface area contributed by atoms with E-state index < -0.39 is 0 Å². The van der Waals surface area contributed by atoms with Gasteiger partial charge in [0.1, 0.15) is 0 Å². The highest BCUT2D eigenvalue weighted by molar-refractivity contribution is 6.15. The Morgan fingerprint density at radius 1 is 1.14 bits per heavy atom. The first-order valence-electron chi connectivity index (χ1n) is 12.2. The monoisotopic (exact) mass is 467 g/mol. The maximum Gasteiger partial charge on any atom is 0.251 e. The van der Waals surface area contributed by atoms with Gasteiger partial charge in [-0.3, -0.25) is 15.2 Å². The fraction of sp³-hybridized carbons (Fsp3) is 0.321. The average Bonchev–Trinajstić information content (AvgIpc) is 3.22. The number of aliphatic hydroxyl groups excluding tert-OH is 1. The molecule has 0 bridgehead atoms. The van der Waals surface area contributed by atoms with Crippen LogP contribution in [0.25, 0.3) is 0 Å². The second-order valence-corrected chi connectivity index (χ2v) is 10.0. The third-order valence-corrected chi connectivity index (χ3v) is 8.19. The predicted molar refractivity (Wildman–Crippen MR) is 136 cm³/mol. The minimum Gasteiger partial charge on any atom is -0.398 e. The van der Waals surface area contributed by atoms with Crippen LogP contribution in [0.1, 0.15) is 52.9 Å². The van der Waals surface area contributed by atoms with E-state index in [2.05, 4.69) is 27.3 Å². The molecule has 7 heteroatoms. The summed E-state index contributed by atoms with van der Waals surface area (Å²) in [7, 11) is 0. The molecule has 3 fully saturated rings. The molecule has 2 heterocycles. The molecular weight excluding hydrogens is 438 g/mol. The van der Waals surface area contributed by atoms with E-state index >= 15 is 0 Å². The molecule has 0 radical (unpaired) electrons. The summed E-state index contributed by atoms with van der Waals surface area (Å²) in [4.78, 5) is 19.4. The van der Waals surface area contributed by atoms with E-state index in [1.807, 2.05) is 30.3 Å². The van der Waals surface area contributed by atoms with Gasteiger partial charge in [-0.25, -0.2) is 0 Å².